The van der Waals surface area contributed by atoms with Crippen molar-refractivity contribution in [2.75, 3.05) is 0 Å². The van der Waals surface area contributed by atoms with Gasteiger partial charge in [0.1, 0.15) is 6.04 Å². The number of nitrogens with one attached hydrogen (secondary N) is 3. The molecule has 154 valence electrons. The van der Waals surface area contributed by atoms with Crippen LogP contribution in [0, 0.1) is 5.92 Å². The maximum atomic E-state index is 12.5. The van der Waals surface area contributed by atoms with Crippen LogP contribution < -0.4 is 16.2 Å². The lowest BCUT2D eigenvalue weighted by molar-refractivity contribution is -0.130. The van der Waals surface area contributed by atoms with Crippen LogP contribution in [0.15, 0.2) is 67.0 Å². The Bertz CT molecular complexity index is 1050. The van der Waals surface area contributed by atoms with E-state index < -0.39 is 17.9 Å². The normalized spacial score (nSPS) is 11.7. The van der Waals surface area contributed by atoms with Gasteiger partial charge in [-0.15, -0.1) is 0 Å². The van der Waals surface area contributed by atoms with Crippen molar-refractivity contribution in [3.8, 4) is 0 Å². The Morgan fingerprint density at radius 3 is 2.40 bits per heavy atom. The highest BCUT2D eigenvalue weighted by atomic mass is 16.2. The van der Waals surface area contributed by atoms with Crippen LogP contribution in [0.3, 0.4) is 0 Å². The minimum Gasteiger partial charge on any atom is -0.344 e. The number of aromatic nitrogens is 1. The number of nitrogens with zero attached hydrogens (tertiary/aromatic N) is 1. The highest BCUT2D eigenvalue weighted by molar-refractivity contribution is 5.96. The van der Waals surface area contributed by atoms with Crippen molar-refractivity contribution < 1.29 is 14.4 Å². The highest BCUT2D eigenvalue weighted by Gasteiger charge is 2.24. The van der Waals surface area contributed by atoms with Crippen LogP contribution in [-0.4, -0.2) is 28.7 Å². The zero-order valence-corrected chi connectivity index (χ0v) is 16.9. The fourth-order valence-corrected chi connectivity index (χ4v) is 3.06. The van der Waals surface area contributed by atoms with E-state index in [4.69, 9.17) is 0 Å². The summed E-state index contributed by atoms with van der Waals surface area (Å²) in [6, 6.07) is 16.2. The molecule has 0 spiro atoms. The predicted molar refractivity (Wildman–Crippen MR) is 114 cm³/mol. The van der Waals surface area contributed by atoms with Crippen molar-refractivity contribution in [2.24, 2.45) is 5.92 Å². The molecule has 1 atom stereocenters. The third kappa shape index (κ3) is 5.41. The van der Waals surface area contributed by atoms with Crippen molar-refractivity contribution in [3.05, 3.63) is 78.1 Å². The average Bonchev–Trinajstić information content (AvgIpc) is 2.76. The van der Waals surface area contributed by atoms with E-state index in [1.807, 2.05) is 56.3 Å². The van der Waals surface area contributed by atoms with Gasteiger partial charge in [0, 0.05) is 12.4 Å². The number of carbonyl (C=O) groups is 3. The van der Waals surface area contributed by atoms with Gasteiger partial charge < -0.3 is 5.32 Å². The Morgan fingerprint density at radius 2 is 1.70 bits per heavy atom. The number of benzene rings is 2. The number of pyridine rings is 1. The van der Waals surface area contributed by atoms with E-state index >= 15 is 0 Å². The molecule has 3 aromatic rings. The molecule has 0 aliphatic carbocycles. The summed E-state index contributed by atoms with van der Waals surface area (Å²) in [5.41, 5.74) is 5.90. The van der Waals surface area contributed by atoms with Gasteiger partial charge in [-0.05, 0) is 34.4 Å². The molecule has 30 heavy (non-hydrogen) atoms. The Balaban J connectivity index is 1.58. The average molecular weight is 404 g/mol. The van der Waals surface area contributed by atoms with Gasteiger partial charge in [0.15, 0.2) is 0 Å². The second-order valence-electron chi connectivity index (χ2n) is 7.33. The van der Waals surface area contributed by atoms with Crippen LogP contribution in [0.2, 0.25) is 0 Å². The summed E-state index contributed by atoms with van der Waals surface area (Å²) in [5.74, 6) is -1.41. The molecule has 1 unspecified atom stereocenters. The summed E-state index contributed by atoms with van der Waals surface area (Å²) >= 11 is 0. The third-order valence-electron chi connectivity index (χ3n) is 4.67. The summed E-state index contributed by atoms with van der Waals surface area (Å²) in [6.07, 6.45) is 3.10. The molecule has 0 aliphatic rings. The number of amides is 3. The van der Waals surface area contributed by atoms with Gasteiger partial charge in [0.2, 0.25) is 5.91 Å². The zero-order valence-electron chi connectivity index (χ0n) is 16.9. The van der Waals surface area contributed by atoms with E-state index in [1.165, 1.54) is 6.20 Å². The van der Waals surface area contributed by atoms with E-state index in [9.17, 15) is 14.4 Å². The van der Waals surface area contributed by atoms with Crippen LogP contribution in [0.5, 0.6) is 0 Å². The first-order chi connectivity index (χ1) is 14.4. The summed E-state index contributed by atoms with van der Waals surface area (Å²) in [7, 11) is 0. The van der Waals surface area contributed by atoms with Gasteiger partial charge in [-0.1, -0.05) is 56.3 Å². The standard InChI is InChI=1S/C23H24N4O3/c1-15(2)21(23(30)27-26-22(29)19-8-5-11-24-14-19)25-20(28)13-16-9-10-17-6-3-4-7-18(17)12-16/h3-12,14-15,21H,13H2,1-2H3,(H,25,28)(H,26,29)(H,27,30). The van der Waals surface area contributed by atoms with Gasteiger partial charge in [-0.3, -0.25) is 30.2 Å². The van der Waals surface area contributed by atoms with Crippen LogP contribution in [-0.2, 0) is 16.0 Å². The van der Waals surface area contributed by atoms with Gasteiger partial charge in [-0.25, -0.2) is 0 Å². The summed E-state index contributed by atoms with van der Waals surface area (Å²) in [5, 5.41) is 4.92. The molecular formula is C23H24N4O3. The highest BCUT2D eigenvalue weighted by Crippen LogP contribution is 2.16. The fraction of sp³-hybridized carbons (Fsp3) is 0.217. The Morgan fingerprint density at radius 1 is 0.933 bits per heavy atom. The molecule has 7 nitrogen and oxygen atoms in total. The van der Waals surface area contributed by atoms with Crippen LogP contribution in [0.4, 0.5) is 0 Å². The number of rotatable bonds is 6. The maximum Gasteiger partial charge on any atom is 0.271 e. The number of fused-ring (bicyclic) bond motifs is 1. The van der Waals surface area contributed by atoms with Crippen molar-refractivity contribution in [1.82, 2.24) is 21.2 Å². The van der Waals surface area contributed by atoms with E-state index in [0.29, 0.717) is 5.56 Å². The summed E-state index contributed by atoms with van der Waals surface area (Å²) in [6.45, 7) is 3.65. The van der Waals surface area contributed by atoms with Crippen LogP contribution >= 0.6 is 0 Å². The molecule has 0 fully saturated rings. The molecule has 0 saturated heterocycles. The smallest absolute Gasteiger partial charge is 0.271 e. The largest absolute Gasteiger partial charge is 0.344 e. The molecule has 7 heteroatoms. The maximum absolute atomic E-state index is 12.5. The van der Waals surface area contributed by atoms with Crippen molar-refractivity contribution >= 4 is 28.5 Å². The first kappa shape index (κ1) is 21.0. The summed E-state index contributed by atoms with van der Waals surface area (Å²) < 4.78 is 0. The third-order valence-corrected chi connectivity index (χ3v) is 4.67. The number of hydrogen-bond donors (Lipinski definition) is 3. The second kappa shape index (κ2) is 9.65. The van der Waals surface area contributed by atoms with Gasteiger partial charge in [0.25, 0.3) is 11.8 Å². The Hall–Kier alpha value is -3.74. The zero-order chi connectivity index (χ0) is 21.5. The molecule has 1 heterocycles. The molecule has 2 aromatic carbocycles. The molecule has 0 bridgehead atoms. The van der Waals surface area contributed by atoms with Crippen molar-refractivity contribution in [1.29, 1.82) is 0 Å². The second-order valence-corrected chi connectivity index (χ2v) is 7.33. The minimum absolute atomic E-state index is 0.156. The lowest BCUT2D eigenvalue weighted by atomic mass is 10.0. The van der Waals surface area contributed by atoms with Crippen molar-refractivity contribution in [3.63, 3.8) is 0 Å². The topological polar surface area (TPSA) is 100 Å². The quantitative estimate of drug-likeness (QED) is 0.549. The van der Waals surface area contributed by atoms with E-state index in [2.05, 4.69) is 21.2 Å². The van der Waals surface area contributed by atoms with Crippen LogP contribution in [0.1, 0.15) is 29.8 Å². The molecule has 3 N–H and O–H groups in total. The van der Waals surface area contributed by atoms with E-state index in [0.717, 1.165) is 16.3 Å². The van der Waals surface area contributed by atoms with Crippen LogP contribution in [0.25, 0.3) is 10.8 Å². The van der Waals surface area contributed by atoms with Gasteiger partial charge in [-0.2, -0.15) is 0 Å². The monoisotopic (exact) mass is 404 g/mol. The van der Waals surface area contributed by atoms with E-state index in [1.54, 1.807) is 18.3 Å². The van der Waals surface area contributed by atoms with Gasteiger partial charge >= 0.3 is 0 Å². The van der Waals surface area contributed by atoms with Gasteiger partial charge in [0.05, 0.1) is 12.0 Å². The molecule has 0 aliphatic heterocycles. The molecule has 3 rings (SSSR count). The minimum atomic E-state index is -0.785. The molecule has 0 saturated carbocycles. The first-order valence-corrected chi connectivity index (χ1v) is 9.71. The number of carbonyl (C=O) groups excluding carboxylic acids is 3. The lowest BCUT2D eigenvalue weighted by Gasteiger charge is -2.22. The van der Waals surface area contributed by atoms with Crippen molar-refractivity contribution in [2.45, 2.75) is 26.3 Å². The van der Waals surface area contributed by atoms with E-state index in [-0.39, 0.29) is 18.2 Å². The SMILES string of the molecule is CC(C)C(NC(=O)Cc1ccc2ccccc2c1)C(=O)NNC(=O)c1cccnc1. The Kier molecular flexibility index (Phi) is 6.75. The fourth-order valence-electron chi connectivity index (χ4n) is 3.06. The molecular weight excluding hydrogens is 380 g/mol. The molecule has 3 amide bonds. The summed E-state index contributed by atoms with van der Waals surface area (Å²) in [4.78, 5) is 41.0. The number of hydrogen-bond acceptors (Lipinski definition) is 4. The first-order valence-electron chi connectivity index (χ1n) is 9.71. The lowest BCUT2D eigenvalue weighted by Crippen LogP contribution is -2.54. The molecule has 0 radical (unpaired) electrons. The number of hydrazine groups is 1. The Labute approximate surface area is 174 Å². The predicted octanol–water partition coefficient (Wildman–Crippen LogP) is 2.38. The molecule has 1 aromatic heterocycles.